The second kappa shape index (κ2) is 6.14. The topological polar surface area (TPSA) is 61.0 Å². The maximum Gasteiger partial charge on any atom is 0.159 e. The first-order valence-corrected chi connectivity index (χ1v) is 6.94. The zero-order chi connectivity index (χ0) is 13.0. The number of anilines is 1. The minimum absolute atomic E-state index is 0.0224. The average Bonchev–Trinajstić information content (AvgIpc) is 2.61. The predicted molar refractivity (Wildman–Crippen MR) is 72.4 cm³/mol. The van der Waals surface area contributed by atoms with Crippen LogP contribution in [0.5, 0.6) is 0 Å². The van der Waals surface area contributed by atoms with Crippen LogP contribution in [0.2, 0.25) is 0 Å². The van der Waals surface area contributed by atoms with Crippen LogP contribution in [0.15, 0.2) is 0 Å². The van der Waals surface area contributed by atoms with Gasteiger partial charge in [-0.25, -0.2) is 9.97 Å². The largest absolute Gasteiger partial charge is 0.383 e. The minimum Gasteiger partial charge on any atom is -0.383 e. The molecule has 1 unspecified atom stereocenters. The predicted octanol–water partition coefficient (Wildman–Crippen LogP) is 2.82. The first kappa shape index (κ1) is 13.3. The first-order valence-electron chi connectivity index (χ1n) is 6.94. The van der Waals surface area contributed by atoms with Crippen molar-refractivity contribution in [3.05, 3.63) is 17.1 Å². The van der Waals surface area contributed by atoms with Gasteiger partial charge in [0.15, 0.2) is 5.82 Å². The van der Waals surface area contributed by atoms with E-state index in [0.717, 1.165) is 37.2 Å². The molecule has 1 atom stereocenters. The SMILES string of the molecule is CCCC(OC)c1nc(N)c2c(n1)CCCCC2. The number of rotatable bonds is 4. The van der Waals surface area contributed by atoms with E-state index in [0.29, 0.717) is 5.82 Å². The van der Waals surface area contributed by atoms with Crippen LogP contribution in [-0.2, 0) is 17.6 Å². The molecule has 1 heterocycles. The van der Waals surface area contributed by atoms with Gasteiger partial charge in [0.1, 0.15) is 11.9 Å². The molecule has 1 aromatic rings. The molecule has 0 fully saturated rings. The number of aromatic nitrogens is 2. The Bertz CT molecular complexity index is 406. The van der Waals surface area contributed by atoms with E-state index in [1.54, 1.807) is 7.11 Å². The Morgan fingerprint density at radius 3 is 2.72 bits per heavy atom. The quantitative estimate of drug-likeness (QED) is 0.833. The summed E-state index contributed by atoms with van der Waals surface area (Å²) < 4.78 is 5.47. The summed E-state index contributed by atoms with van der Waals surface area (Å²) in [7, 11) is 1.71. The summed E-state index contributed by atoms with van der Waals surface area (Å²) in [5.41, 5.74) is 8.41. The molecule has 4 heteroatoms. The van der Waals surface area contributed by atoms with E-state index in [2.05, 4.69) is 11.9 Å². The number of nitrogens with zero attached hydrogens (tertiary/aromatic N) is 2. The minimum atomic E-state index is -0.0224. The summed E-state index contributed by atoms with van der Waals surface area (Å²) >= 11 is 0. The number of hydrogen-bond acceptors (Lipinski definition) is 4. The molecule has 4 nitrogen and oxygen atoms in total. The third-order valence-electron chi connectivity index (χ3n) is 3.61. The standard InChI is InChI=1S/C14H23N3O/c1-3-7-12(18-2)14-16-11-9-6-4-5-8-10(11)13(15)17-14/h12H,3-9H2,1-2H3,(H2,15,16,17). The fourth-order valence-electron chi connectivity index (χ4n) is 2.58. The number of nitrogen functional groups attached to an aromatic ring is 1. The van der Waals surface area contributed by atoms with Gasteiger partial charge >= 0.3 is 0 Å². The summed E-state index contributed by atoms with van der Waals surface area (Å²) in [4.78, 5) is 9.17. The molecule has 0 saturated heterocycles. The van der Waals surface area contributed by atoms with Gasteiger partial charge in [-0.1, -0.05) is 19.8 Å². The van der Waals surface area contributed by atoms with Gasteiger partial charge in [0.05, 0.1) is 0 Å². The normalized spacial score (nSPS) is 17.0. The van der Waals surface area contributed by atoms with E-state index in [9.17, 15) is 0 Å². The van der Waals surface area contributed by atoms with Gasteiger partial charge < -0.3 is 10.5 Å². The maximum atomic E-state index is 6.09. The molecule has 0 aromatic carbocycles. The van der Waals surface area contributed by atoms with Gasteiger partial charge in [-0.15, -0.1) is 0 Å². The highest BCUT2D eigenvalue weighted by atomic mass is 16.5. The molecule has 1 aliphatic rings. The smallest absolute Gasteiger partial charge is 0.159 e. The maximum absolute atomic E-state index is 6.09. The zero-order valence-corrected chi connectivity index (χ0v) is 11.4. The Balaban J connectivity index is 2.33. The molecule has 0 radical (unpaired) electrons. The molecule has 0 amide bonds. The summed E-state index contributed by atoms with van der Waals surface area (Å²) in [6.45, 7) is 2.14. The van der Waals surface area contributed by atoms with Crippen molar-refractivity contribution < 1.29 is 4.74 Å². The molecule has 0 aliphatic heterocycles. The van der Waals surface area contributed by atoms with Crippen molar-refractivity contribution in [1.29, 1.82) is 0 Å². The van der Waals surface area contributed by atoms with Gasteiger partial charge in [-0.2, -0.15) is 0 Å². The summed E-state index contributed by atoms with van der Waals surface area (Å²) in [5, 5.41) is 0. The van der Waals surface area contributed by atoms with Crippen molar-refractivity contribution in [3.8, 4) is 0 Å². The molecule has 1 aliphatic carbocycles. The number of nitrogens with two attached hydrogens (primary N) is 1. The molecule has 0 spiro atoms. The van der Waals surface area contributed by atoms with Gasteiger partial charge in [0.25, 0.3) is 0 Å². The lowest BCUT2D eigenvalue weighted by Crippen LogP contribution is -2.13. The van der Waals surface area contributed by atoms with Gasteiger partial charge in [-0.3, -0.25) is 0 Å². The average molecular weight is 249 g/mol. The van der Waals surface area contributed by atoms with Crippen LogP contribution < -0.4 is 5.73 Å². The first-order chi connectivity index (χ1) is 8.76. The number of hydrogen-bond donors (Lipinski definition) is 1. The van der Waals surface area contributed by atoms with Crippen molar-refractivity contribution in [1.82, 2.24) is 9.97 Å². The van der Waals surface area contributed by atoms with Gasteiger partial charge in [0.2, 0.25) is 0 Å². The molecule has 1 aromatic heterocycles. The number of methoxy groups -OCH3 is 1. The van der Waals surface area contributed by atoms with Crippen molar-refractivity contribution >= 4 is 5.82 Å². The number of ether oxygens (including phenoxy) is 1. The molecular formula is C14H23N3O. The van der Waals surface area contributed by atoms with Crippen LogP contribution in [0, 0.1) is 0 Å². The highest BCUT2D eigenvalue weighted by Gasteiger charge is 2.19. The molecule has 2 N–H and O–H groups in total. The molecule has 18 heavy (non-hydrogen) atoms. The zero-order valence-electron chi connectivity index (χ0n) is 11.4. The van der Waals surface area contributed by atoms with E-state index in [1.165, 1.54) is 24.8 Å². The molecule has 0 bridgehead atoms. The highest BCUT2D eigenvalue weighted by Crippen LogP contribution is 2.26. The van der Waals surface area contributed by atoms with Crippen molar-refractivity contribution in [2.24, 2.45) is 0 Å². The van der Waals surface area contributed by atoms with Crippen LogP contribution >= 0.6 is 0 Å². The fourth-order valence-corrected chi connectivity index (χ4v) is 2.58. The Morgan fingerprint density at radius 2 is 2.00 bits per heavy atom. The van der Waals surface area contributed by atoms with Gasteiger partial charge in [-0.05, 0) is 32.1 Å². The lowest BCUT2D eigenvalue weighted by Gasteiger charge is -2.16. The van der Waals surface area contributed by atoms with Crippen molar-refractivity contribution in [3.63, 3.8) is 0 Å². The van der Waals surface area contributed by atoms with E-state index in [1.807, 2.05) is 0 Å². The molecule has 0 saturated carbocycles. The third-order valence-corrected chi connectivity index (χ3v) is 3.61. The second-order valence-corrected chi connectivity index (χ2v) is 4.97. The van der Waals surface area contributed by atoms with Crippen molar-refractivity contribution in [2.45, 2.75) is 58.0 Å². The molecular weight excluding hydrogens is 226 g/mol. The summed E-state index contributed by atoms with van der Waals surface area (Å²) in [6, 6.07) is 0. The van der Waals surface area contributed by atoms with Crippen LogP contribution in [0.4, 0.5) is 5.82 Å². The molecule has 100 valence electrons. The van der Waals surface area contributed by atoms with Crippen molar-refractivity contribution in [2.75, 3.05) is 12.8 Å². The lowest BCUT2D eigenvalue weighted by atomic mass is 10.1. The van der Waals surface area contributed by atoms with Crippen LogP contribution in [0.3, 0.4) is 0 Å². The van der Waals surface area contributed by atoms with Gasteiger partial charge in [0, 0.05) is 18.4 Å². The van der Waals surface area contributed by atoms with E-state index < -0.39 is 0 Å². The second-order valence-electron chi connectivity index (χ2n) is 4.97. The third kappa shape index (κ3) is 2.80. The Labute approximate surface area is 109 Å². The highest BCUT2D eigenvalue weighted by molar-refractivity contribution is 5.43. The lowest BCUT2D eigenvalue weighted by molar-refractivity contribution is 0.0875. The van der Waals surface area contributed by atoms with Crippen LogP contribution in [-0.4, -0.2) is 17.1 Å². The van der Waals surface area contributed by atoms with E-state index in [4.69, 9.17) is 15.5 Å². The summed E-state index contributed by atoms with van der Waals surface area (Å²) in [5.74, 6) is 1.42. The fraction of sp³-hybridized carbons (Fsp3) is 0.714. The van der Waals surface area contributed by atoms with E-state index >= 15 is 0 Å². The number of fused-ring (bicyclic) bond motifs is 1. The van der Waals surface area contributed by atoms with Crippen LogP contribution in [0.1, 0.15) is 62.2 Å². The Hall–Kier alpha value is -1.16. The summed E-state index contributed by atoms with van der Waals surface area (Å²) in [6.07, 6.45) is 7.67. The Kier molecular flexibility index (Phi) is 4.53. The van der Waals surface area contributed by atoms with Crippen LogP contribution in [0.25, 0.3) is 0 Å². The Morgan fingerprint density at radius 1 is 1.22 bits per heavy atom. The molecule has 2 rings (SSSR count). The number of aryl methyl sites for hydroxylation is 1. The van der Waals surface area contributed by atoms with E-state index in [-0.39, 0.29) is 6.10 Å². The monoisotopic (exact) mass is 249 g/mol.